The monoisotopic (exact) mass is 381 g/mol. The van der Waals surface area contributed by atoms with E-state index in [1.54, 1.807) is 19.0 Å². The molecule has 0 saturated carbocycles. The molecule has 0 aromatic carbocycles. The first-order valence-corrected chi connectivity index (χ1v) is 9.91. The first-order valence-electron chi connectivity index (χ1n) is 9.09. The Bertz CT molecular complexity index is 969. The number of aromatic nitrogens is 2. The molecule has 3 aromatic heterocycles. The Kier molecular flexibility index (Phi) is 4.80. The van der Waals surface area contributed by atoms with E-state index in [1.165, 1.54) is 11.3 Å². The van der Waals surface area contributed by atoms with Crippen LogP contribution in [0.2, 0.25) is 0 Å². The molecule has 0 bridgehead atoms. The maximum absolute atomic E-state index is 12.3. The lowest BCUT2D eigenvalue weighted by atomic mass is 10.1. The van der Waals surface area contributed by atoms with E-state index in [0.29, 0.717) is 10.6 Å². The fraction of sp³-hybridized carbons (Fsp3) is 0.350. The molecule has 1 aliphatic rings. The Morgan fingerprint density at radius 3 is 2.93 bits per heavy atom. The molecule has 1 saturated heterocycles. The summed E-state index contributed by atoms with van der Waals surface area (Å²) in [7, 11) is 3.47. The predicted octanol–water partition coefficient (Wildman–Crippen LogP) is 3.31. The number of hydrogen-bond donors (Lipinski definition) is 1. The molecule has 0 unspecified atom stereocenters. The van der Waals surface area contributed by atoms with Gasteiger partial charge in [-0.15, -0.1) is 11.3 Å². The molecule has 1 fully saturated rings. The van der Waals surface area contributed by atoms with Gasteiger partial charge in [0.05, 0.1) is 23.1 Å². The zero-order valence-electron chi connectivity index (χ0n) is 15.6. The molecule has 1 amide bonds. The molecule has 1 aliphatic heterocycles. The van der Waals surface area contributed by atoms with Crippen molar-refractivity contribution >= 4 is 33.1 Å². The number of thiophene rings is 1. The highest BCUT2D eigenvalue weighted by atomic mass is 32.1. The summed E-state index contributed by atoms with van der Waals surface area (Å²) in [6.07, 6.45) is 4.06. The summed E-state index contributed by atoms with van der Waals surface area (Å²) in [5.74, 6) is -0.0744. The molecule has 0 spiro atoms. The van der Waals surface area contributed by atoms with Crippen LogP contribution in [0.25, 0.3) is 10.2 Å². The minimum Gasteiger partial charge on any atom is -0.397 e. The minimum absolute atomic E-state index is 0.0744. The van der Waals surface area contributed by atoms with Crippen molar-refractivity contribution in [1.29, 1.82) is 0 Å². The highest BCUT2D eigenvalue weighted by molar-refractivity contribution is 7.21. The number of rotatable bonds is 4. The zero-order valence-corrected chi connectivity index (χ0v) is 16.4. The summed E-state index contributed by atoms with van der Waals surface area (Å²) >= 11 is 1.38. The standard InChI is InChI=1S/C20H23N5OS/c1-24(2)20(26)18-17(21)14-8-9-15(23-19(14)27-18)16-7-5-11-25(16)12-13-6-3-4-10-22-13/h3-4,6,8-10,16H,5,7,11-12,21H2,1-2H3/t16-/m0/s1. The summed E-state index contributed by atoms with van der Waals surface area (Å²) in [4.78, 5) is 27.1. The van der Waals surface area contributed by atoms with Crippen LogP contribution in [0.4, 0.5) is 5.69 Å². The molecule has 0 aliphatic carbocycles. The van der Waals surface area contributed by atoms with Gasteiger partial charge in [-0.05, 0) is 43.7 Å². The Morgan fingerprint density at radius 2 is 2.19 bits per heavy atom. The number of pyridine rings is 2. The van der Waals surface area contributed by atoms with E-state index in [-0.39, 0.29) is 11.9 Å². The van der Waals surface area contributed by atoms with Gasteiger partial charge in [0.25, 0.3) is 5.91 Å². The van der Waals surface area contributed by atoms with Crippen molar-refractivity contribution in [2.45, 2.75) is 25.4 Å². The minimum atomic E-state index is -0.0744. The van der Waals surface area contributed by atoms with Crippen LogP contribution in [0.3, 0.4) is 0 Å². The third-order valence-electron chi connectivity index (χ3n) is 5.01. The van der Waals surface area contributed by atoms with Crippen molar-refractivity contribution in [3.63, 3.8) is 0 Å². The molecule has 4 rings (SSSR count). The number of carbonyl (C=O) groups is 1. The SMILES string of the molecule is CN(C)C(=O)c1sc2nc([C@@H]3CCCN3Cc3ccccn3)ccc2c1N. The molecule has 3 aromatic rings. The van der Waals surface area contributed by atoms with E-state index in [0.717, 1.165) is 47.5 Å². The Labute approximate surface area is 162 Å². The van der Waals surface area contributed by atoms with Crippen molar-refractivity contribution < 1.29 is 4.79 Å². The fourth-order valence-electron chi connectivity index (χ4n) is 3.61. The van der Waals surface area contributed by atoms with Gasteiger partial charge in [0.15, 0.2) is 0 Å². The number of hydrogen-bond acceptors (Lipinski definition) is 6. The highest BCUT2D eigenvalue weighted by Crippen LogP contribution is 2.37. The van der Waals surface area contributed by atoms with Gasteiger partial charge in [-0.3, -0.25) is 14.7 Å². The molecule has 4 heterocycles. The van der Waals surface area contributed by atoms with E-state index in [9.17, 15) is 4.79 Å². The lowest BCUT2D eigenvalue weighted by Crippen LogP contribution is -2.23. The second-order valence-electron chi connectivity index (χ2n) is 7.08. The van der Waals surface area contributed by atoms with Crippen molar-refractivity contribution in [3.05, 3.63) is 52.8 Å². The van der Waals surface area contributed by atoms with Crippen LogP contribution in [0.15, 0.2) is 36.5 Å². The van der Waals surface area contributed by atoms with E-state index in [2.05, 4.69) is 22.0 Å². The number of nitrogens with zero attached hydrogens (tertiary/aromatic N) is 4. The molecule has 6 nitrogen and oxygen atoms in total. The van der Waals surface area contributed by atoms with E-state index in [4.69, 9.17) is 10.7 Å². The van der Waals surface area contributed by atoms with Crippen LogP contribution in [-0.2, 0) is 6.54 Å². The van der Waals surface area contributed by atoms with Gasteiger partial charge in [-0.2, -0.15) is 0 Å². The van der Waals surface area contributed by atoms with Crippen LogP contribution in [0, 0.1) is 0 Å². The van der Waals surface area contributed by atoms with E-state index in [1.807, 2.05) is 24.4 Å². The maximum atomic E-state index is 12.3. The predicted molar refractivity (Wildman–Crippen MR) is 109 cm³/mol. The smallest absolute Gasteiger partial charge is 0.265 e. The molecular formula is C20H23N5OS. The number of amides is 1. The van der Waals surface area contributed by atoms with Gasteiger partial charge in [0.2, 0.25) is 0 Å². The summed E-state index contributed by atoms with van der Waals surface area (Å²) in [5, 5.41) is 0.864. The average molecular weight is 382 g/mol. The number of nitrogen functional groups attached to an aromatic ring is 1. The average Bonchev–Trinajstić information content (AvgIpc) is 3.26. The second kappa shape index (κ2) is 7.25. The zero-order chi connectivity index (χ0) is 19.0. The topological polar surface area (TPSA) is 75.4 Å². The van der Waals surface area contributed by atoms with Crippen molar-refractivity contribution in [2.24, 2.45) is 0 Å². The van der Waals surface area contributed by atoms with Gasteiger partial charge >= 0.3 is 0 Å². The van der Waals surface area contributed by atoms with Crippen molar-refractivity contribution in [2.75, 3.05) is 26.4 Å². The Balaban J connectivity index is 1.64. The molecule has 27 heavy (non-hydrogen) atoms. The van der Waals surface area contributed by atoms with Gasteiger partial charge in [-0.1, -0.05) is 6.07 Å². The maximum Gasteiger partial charge on any atom is 0.265 e. The van der Waals surface area contributed by atoms with Crippen LogP contribution < -0.4 is 5.73 Å². The van der Waals surface area contributed by atoms with Gasteiger partial charge in [0.1, 0.15) is 9.71 Å². The number of fused-ring (bicyclic) bond motifs is 1. The van der Waals surface area contributed by atoms with Gasteiger partial charge < -0.3 is 10.6 Å². The Hall–Kier alpha value is -2.51. The van der Waals surface area contributed by atoms with Crippen molar-refractivity contribution in [1.82, 2.24) is 19.8 Å². The van der Waals surface area contributed by atoms with Crippen LogP contribution >= 0.6 is 11.3 Å². The van der Waals surface area contributed by atoms with Crippen LogP contribution in [0.1, 0.15) is 39.9 Å². The molecule has 7 heteroatoms. The quantitative estimate of drug-likeness (QED) is 0.750. The summed E-state index contributed by atoms with van der Waals surface area (Å²) in [5.41, 5.74) is 8.86. The Morgan fingerprint density at radius 1 is 1.33 bits per heavy atom. The number of nitrogens with two attached hydrogens (primary N) is 1. The molecule has 140 valence electrons. The lowest BCUT2D eigenvalue weighted by molar-refractivity contribution is 0.0833. The highest BCUT2D eigenvalue weighted by Gasteiger charge is 2.28. The second-order valence-corrected chi connectivity index (χ2v) is 8.08. The lowest BCUT2D eigenvalue weighted by Gasteiger charge is -2.23. The number of anilines is 1. The van der Waals surface area contributed by atoms with Gasteiger partial charge in [-0.25, -0.2) is 4.98 Å². The fourth-order valence-corrected chi connectivity index (χ4v) is 4.73. The third kappa shape index (κ3) is 3.40. The molecule has 1 atom stereocenters. The summed E-state index contributed by atoms with van der Waals surface area (Å²) in [6.45, 7) is 1.86. The van der Waals surface area contributed by atoms with Crippen molar-refractivity contribution in [3.8, 4) is 0 Å². The molecule has 2 N–H and O–H groups in total. The molecule has 0 radical (unpaired) electrons. The third-order valence-corrected chi connectivity index (χ3v) is 6.12. The van der Waals surface area contributed by atoms with E-state index >= 15 is 0 Å². The summed E-state index contributed by atoms with van der Waals surface area (Å²) in [6, 6.07) is 10.4. The largest absolute Gasteiger partial charge is 0.397 e. The van der Waals surface area contributed by atoms with E-state index < -0.39 is 0 Å². The summed E-state index contributed by atoms with van der Waals surface area (Å²) < 4.78 is 0. The number of likely N-dealkylation sites (tertiary alicyclic amines) is 1. The normalized spacial score (nSPS) is 17.5. The van der Waals surface area contributed by atoms with Gasteiger partial charge in [0, 0.05) is 32.2 Å². The van der Waals surface area contributed by atoms with Crippen LogP contribution in [-0.4, -0.2) is 46.3 Å². The van der Waals surface area contributed by atoms with Crippen LogP contribution in [0.5, 0.6) is 0 Å². The first-order chi connectivity index (χ1) is 13.0. The number of carbonyl (C=O) groups excluding carboxylic acids is 1. The molecular weight excluding hydrogens is 358 g/mol. The first kappa shape index (κ1) is 17.9.